The molecule has 0 N–H and O–H groups in total. The number of rotatable bonds is 4. The molecule has 39 heavy (non-hydrogen) atoms. The lowest BCUT2D eigenvalue weighted by molar-refractivity contribution is 0.0184. The number of pyridine rings is 2. The Labute approximate surface area is 231 Å². The molecule has 0 aliphatic carbocycles. The van der Waals surface area contributed by atoms with E-state index in [0.29, 0.717) is 34.9 Å². The predicted octanol–water partition coefficient (Wildman–Crippen LogP) is 6.05. The zero-order valence-electron chi connectivity index (χ0n) is 22.2. The topological polar surface area (TPSA) is 106 Å². The lowest BCUT2D eigenvalue weighted by Crippen LogP contribution is -2.42. The van der Waals surface area contributed by atoms with Crippen molar-refractivity contribution >= 4 is 29.1 Å². The van der Waals surface area contributed by atoms with Gasteiger partial charge in [0.05, 0.1) is 36.1 Å². The maximum Gasteiger partial charge on any atom is 0.410 e. The average molecular weight is 541 g/mol. The van der Waals surface area contributed by atoms with E-state index in [9.17, 15) is 10.1 Å². The van der Waals surface area contributed by atoms with Gasteiger partial charge in [-0.2, -0.15) is 15.5 Å². The average Bonchev–Trinajstić information content (AvgIpc) is 3.51. The number of carbonyl (C=O) groups excluding carboxylic acids is 1. The number of ether oxygens (including phenoxy) is 1. The van der Waals surface area contributed by atoms with Crippen LogP contribution in [0.15, 0.2) is 52.9 Å². The zero-order chi connectivity index (χ0) is 27.7. The quantitative estimate of drug-likeness (QED) is 0.290. The van der Waals surface area contributed by atoms with Crippen LogP contribution in [-0.4, -0.2) is 54.1 Å². The number of piperidine rings is 1. The van der Waals surface area contributed by atoms with Crippen LogP contribution in [0.5, 0.6) is 0 Å². The molecule has 0 bridgehead atoms. The number of fused-ring (bicyclic) bond motifs is 1. The van der Waals surface area contributed by atoms with Gasteiger partial charge in [0.15, 0.2) is 0 Å². The molecule has 10 nitrogen and oxygen atoms in total. The van der Waals surface area contributed by atoms with E-state index < -0.39 is 5.60 Å². The van der Waals surface area contributed by atoms with Crippen LogP contribution in [0.4, 0.5) is 10.5 Å². The fraction of sp³-hybridized carbons (Fsp3) is 0.357. The highest BCUT2D eigenvalue weighted by Gasteiger charge is 2.29. The third-order valence-corrected chi connectivity index (χ3v) is 7.63. The first kappa shape index (κ1) is 26.3. The second kappa shape index (κ2) is 10.4. The first-order valence-electron chi connectivity index (χ1n) is 12.6. The Morgan fingerprint density at radius 2 is 2.03 bits per heavy atom. The van der Waals surface area contributed by atoms with Crippen molar-refractivity contribution in [2.75, 3.05) is 13.1 Å². The van der Waals surface area contributed by atoms with E-state index in [2.05, 4.69) is 21.0 Å². The molecule has 0 saturated carbocycles. The lowest BCUT2D eigenvalue weighted by Gasteiger charge is -2.33. The van der Waals surface area contributed by atoms with Gasteiger partial charge in [0.1, 0.15) is 16.7 Å². The van der Waals surface area contributed by atoms with Crippen LogP contribution in [0.2, 0.25) is 0 Å². The van der Waals surface area contributed by atoms with Crippen molar-refractivity contribution in [1.82, 2.24) is 29.3 Å². The fourth-order valence-electron chi connectivity index (χ4n) is 4.74. The number of likely N-dealkylation sites (tertiary alicyclic amines) is 1. The molecular weight excluding hydrogens is 512 g/mol. The molecule has 1 fully saturated rings. The molecule has 5 rings (SSSR count). The summed E-state index contributed by atoms with van der Waals surface area (Å²) in [5.74, 6) is 0. The lowest BCUT2D eigenvalue weighted by atomic mass is 10.0. The summed E-state index contributed by atoms with van der Waals surface area (Å²) in [5, 5.41) is 19.4. The number of nitrogens with zero attached hydrogens (tertiary/aromatic N) is 8. The minimum absolute atomic E-state index is 0.166. The van der Waals surface area contributed by atoms with Crippen LogP contribution in [0, 0.1) is 24.8 Å². The molecule has 1 aliphatic heterocycles. The van der Waals surface area contributed by atoms with Gasteiger partial charge in [0, 0.05) is 47.2 Å². The SMILES string of the molecule is [C-]#[N+]c1cccnc1Sc1cc(-c2cnn(C3CCN(C(=O)OC(C)(C)C)CC3)c2C)cn2ncc(C#N)c12. The van der Waals surface area contributed by atoms with E-state index in [1.807, 2.05) is 50.8 Å². The van der Waals surface area contributed by atoms with Crippen LogP contribution in [-0.2, 0) is 4.74 Å². The van der Waals surface area contributed by atoms with Gasteiger partial charge in [-0.1, -0.05) is 23.9 Å². The van der Waals surface area contributed by atoms with Crippen molar-refractivity contribution < 1.29 is 9.53 Å². The van der Waals surface area contributed by atoms with Gasteiger partial charge >= 0.3 is 6.09 Å². The maximum atomic E-state index is 12.5. The van der Waals surface area contributed by atoms with Gasteiger partial charge in [0.2, 0.25) is 5.69 Å². The Morgan fingerprint density at radius 1 is 1.26 bits per heavy atom. The van der Waals surface area contributed by atoms with E-state index in [0.717, 1.165) is 34.6 Å². The highest BCUT2D eigenvalue weighted by atomic mass is 32.2. The summed E-state index contributed by atoms with van der Waals surface area (Å²) >= 11 is 1.35. The van der Waals surface area contributed by atoms with Crippen molar-refractivity contribution in [2.24, 2.45) is 0 Å². The zero-order valence-corrected chi connectivity index (χ0v) is 23.1. The molecule has 0 unspecified atom stereocenters. The molecule has 4 aromatic rings. The Morgan fingerprint density at radius 3 is 2.72 bits per heavy atom. The number of hydrogen-bond donors (Lipinski definition) is 0. The molecular formula is C28H28N8O2S. The van der Waals surface area contributed by atoms with E-state index in [1.165, 1.54) is 11.8 Å². The van der Waals surface area contributed by atoms with Gasteiger partial charge in [0.25, 0.3) is 0 Å². The maximum absolute atomic E-state index is 12.5. The van der Waals surface area contributed by atoms with Gasteiger partial charge in [-0.05, 0) is 46.6 Å². The summed E-state index contributed by atoms with van der Waals surface area (Å²) in [5.41, 5.74) is 3.91. The predicted molar refractivity (Wildman–Crippen MR) is 147 cm³/mol. The van der Waals surface area contributed by atoms with Crippen LogP contribution in [0.3, 0.4) is 0 Å². The van der Waals surface area contributed by atoms with Gasteiger partial charge in [-0.25, -0.2) is 14.2 Å². The van der Waals surface area contributed by atoms with E-state index in [-0.39, 0.29) is 12.1 Å². The first-order valence-corrected chi connectivity index (χ1v) is 13.4. The van der Waals surface area contributed by atoms with Crippen LogP contribution < -0.4 is 0 Å². The smallest absolute Gasteiger partial charge is 0.410 e. The van der Waals surface area contributed by atoms with Gasteiger partial charge < -0.3 is 9.64 Å². The number of carbonyl (C=O) groups is 1. The molecule has 198 valence electrons. The number of nitriles is 1. The van der Waals surface area contributed by atoms with Crippen LogP contribution in [0.25, 0.3) is 21.5 Å². The minimum Gasteiger partial charge on any atom is -0.444 e. The third kappa shape index (κ3) is 5.31. The van der Waals surface area contributed by atoms with Crippen molar-refractivity contribution in [1.29, 1.82) is 5.26 Å². The summed E-state index contributed by atoms with van der Waals surface area (Å²) in [7, 11) is 0. The van der Waals surface area contributed by atoms with Crippen molar-refractivity contribution in [3.63, 3.8) is 0 Å². The molecule has 0 atom stereocenters. The van der Waals surface area contributed by atoms with Crippen LogP contribution in [0.1, 0.15) is 50.9 Å². The summed E-state index contributed by atoms with van der Waals surface area (Å²) in [6, 6.07) is 7.85. The Bertz CT molecular complexity index is 1630. The van der Waals surface area contributed by atoms with E-state index in [1.54, 1.807) is 33.9 Å². The monoisotopic (exact) mass is 540 g/mol. The molecule has 4 aromatic heterocycles. The summed E-state index contributed by atoms with van der Waals surface area (Å²) < 4.78 is 9.27. The third-order valence-electron chi connectivity index (χ3n) is 6.59. The Hall–Kier alpha value is -4.35. The number of amides is 1. The van der Waals surface area contributed by atoms with Crippen molar-refractivity contribution in [3.05, 3.63) is 65.7 Å². The Balaban J connectivity index is 1.44. The van der Waals surface area contributed by atoms with Gasteiger partial charge in [-0.3, -0.25) is 9.67 Å². The molecule has 0 radical (unpaired) electrons. The fourth-order valence-corrected chi connectivity index (χ4v) is 5.76. The second-order valence-corrected chi connectivity index (χ2v) is 11.4. The van der Waals surface area contributed by atoms with Crippen molar-refractivity contribution in [3.8, 4) is 17.2 Å². The minimum atomic E-state index is -0.518. The molecule has 1 aliphatic rings. The normalized spacial score (nSPS) is 14.3. The highest BCUT2D eigenvalue weighted by molar-refractivity contribution is 7.99. The number of aromatic nitrogens is 5. The summed E-state index contributed by atoms with van der Waals surface area (Å²) in [4.78, 5) is 23.0. The summed E-state index contributed by atoms with van der Waals surface area (Å²) in [6.45, 7) is 16.4. The van der Waals surface area contributed by atoms with E-state index >= 15 is 0 Å². The van der Waals surface area contributed by atoms with Crippen molar-refractivity contribution in [2.45, 2.75) is 62.1 Å². The standard InChI is InChI=1S/C28H28N8O2S/c1-18-22(16-33-36(18)21-8-11-34(12-9-21)27(37)38-28(2,3)4)19-13-24(25-20(14-29)15-32-35(25)17-19)39-26-23(30-5)7-6-10-31-26/h6-7,10,13,15-17,21H,8-9,11-12H2,1-4H3. The molecule has 5 heterocycles. The molecule has 0 aromatic carbocycles. The molecule has 11 heteroatoms. The molecule has 1 saturated heterocycles. The Kier molecular flexibility index (Phi) is 7.02. The second-order valence-electron chi connectivity index (χ2n) is 10.4. The summed E-state index contributed by atoms with van der Waals surface area (Å²) in [6.07, 6.45) is 8.24. The van der Waals surface area contributed by atoms with E-state index in [4.69, 9.17) is 16.4 Å². The number of hydrogen-bond acceptors (Lipinski definition) is 7. The molecule has 0 spiro atoms. The van der Waals surface area contributed by atoms with Gasteiger partial charge in [-0.15, -0.1) is 0 Å². The highest BCUT2D eigenvalue weighted by Crippen LogP contribution is 2.39. The van der Waals surface area contributed by atoms with Crippen LogP contribution >= 0.6 is 11.8 Å². The molecule has 1 amide bonds. The first-order chi connectivity index (χ1) is 18.7. The largest absolute Gasteiger partial charge is 0.444 e.